The summed E-state index contributed by atoms with van der Waals surface area (Å²) in [5, 5.41) is 9.50. The lowest BCUT2D eigenvalue weighted by atomic mass is 9.77. The van der Waals surface area contributed by atoms with Gasteiger partial charge in [0.25, 0.3) is 5.91 Å². The molecule has 1 aliphatic rings. The Kier molecular flexibility index (Phi) is 8.18. The standard InChI is InChI=1S/C28H35ClFN7O/c1-27(2)15-20(16-28(3,4)37(27)5)34-24-23(30)17-33-26(36-24)35-19-9-10-21(22(29)14-19)25(38)32-13-11-18-8-6-7-12-31-18/h6-10,12,14,17,20H,11,13,15-16H2,1-5H3,(H,32,38)(H2,33,34,35,36). The number of aromatic nitrogens is 3. The van der Waals surface area contributed by atoms with E-state index in [0.29, 0.717) is 24.2 Å². The average molecular weight is 540 g/mol. The minimum Gasteiger partial charge on any atom is -0.365 e. The highest BCUT2D eigenvalue weighted by Gasteiger charge is 2.43. The summed E-state index contributed by atoms with van der Waals surface area (Å²) in [6, 6.07) is 10.7. The summed E-state index contributed by atoms with van der Waals surface area (Å²) < 4.78 is 14.6. The van der Waals surface area contributed by atoms with E-state index in [1.807, 2.05) is 18.2 Å². The maximum Gasteiger partial charge on any atom is 0.252 e. The van der Waals surface area contributed by atoms with Crippen molar-refractivity contribution in [2.75, 3.05) is 24.2 Å². The molecule has 10 heteroatoms. The molecule has 0 unspecified atom stereocenters. The third-order valence-corrected chi connectivity index (χ3v) is 7.57. The van der Waals surface area contributed by atoms with Gasteiger partial charge in [-0.25, -0.2) is 9.37 Å². The number of carbonyl (C=O) groups is 1. The Morgan fingerprint density at radius 2 is 1.87 bits per heavy atom. The summed E-state index contributed by atoms with van der Waals surface area (Å²) in [4.78, 5) is 27.7. The first-order chi connectivity index (χ1) is 17.9. The quantitative estimate of drug-likeness (QED) is 0.350. The molecule has 38 heavy (non-hydrogen) atoms. The van der Waals surface area contributed by atoms with Gasteiger partial charge in [0, 0.05) is 47.7 Å². The number of hydrogen-bond donors (Lipinski definition) is 3. The molecular formula is C28H35ClFN7O. The van der Waals surface area contributed by atoms with Crippen molar-refractivity contribution in [1.82, 2.24) is 25.2 Å². The van der Waals surface area contributed by atoms with Crippen LogP contribution in [0.2, 0.25) is 5.02 Å². The Bertz CT molecular complexity index is 1270. The minimum absolute atomic E-state index is 0.0484. The zero-order valence-electron chi connectivity index (χ0n) is 22.5. The third-order valence-electron chi connectivity index (χ3n) is 7.26. The van der Waals surface area contributed by atoms with Gasteiger partial charge in [0.1, 0.15) is 0 Å². The van der Waals surface area contributed by atoms with Gasteiger partial charge in [0.2, 0.25) is 5.95 Å². The van der Waals surface area contributed by atoms with Crippen LogP contribution in [0.25, 0.3) is 0 Å². The summed E-state index contributed by atoms with van der Waals surface area (Å²) >= 11 is 6.41. The predicted octanol–water partition coefficient (Wildman–Crippen LogP) is 5.44. The molecule has 0 radical (unpaired) electrons. The number of nitrogens with one attached hydrogen (secondary N) is 3. The van der Waals surface area contributed by atoms with E-state index in [0.717, 1.165) is 24.7 Å². The fraction of sp³-hybridized carbons (Fsp3) is 0.429. The zero-order chi connectivity index (χ0) is 27.5. The number of likely N-dealkylation sites (tertiary alicyclic amines) is 1. The van der Waals surface area contributed by atoms with Crippen molar-refractivity contribution in [3.8, 4) is 0 Å². The number of carbonyl (C=O) groups excluding carboxylic acids is 1. The summed E-state index contributed by atoms with van der Waals surface area (Å²) in [7, 11) is 2.13. The third kappa shape index (κ3) is 6.57. The lowest BCUT2D eigenvalue weighted by Gasteiger charge is -2.53. The molecule has 1 fully saturated rings. The van der Waals surface area contributed by atoms with Gasteiger partial charge in [-0.2, -0.15) is 4.98 Å². The number of anilines is 3. The van der Waals surface area contributed by atoms with Crippen LogP contribution in [0.4, 0.5) is 21.8 Å². The number of pyridine rings is 1. The predicted molar refractivity (Wildman–Crippen MR) is 150 cm³/mol. The maximum atomic E-state index is 14.6. The lowest BCUT2D eigenvalue weighted by molar-refractivity contribution is -0.00778. The number of piperidine rings is 1. The Morgan fingerprint density at radius 1 is 1.13 bits per heavy atom. The summed E-state index contributed by atoms with van der Waals surface area (Å²) in [5.74, 6) is -0.408. The van der Waals surface area contributed by atoms with Gasteiger partial charge in [-0.15, -0.1) is 0 Å². The van der Waals surface area contributed by atoms with Gasteiger partial charge in [0.15, 0.2) is 11.6 Å². The first kappa shape index (κ1) is 27.7. The molecule has 0 atom stereocenters. The molecule has 0 aliphatic carbocycles. The molecule has 1 aromatic carbocycles. The summed E-state index contributed by atoms with van der Waals surface area (Å²) in [6.07, 6.45) is 5.18. The SMILES string of the molecule is CN1C(C)(C)CC(Nc2nc(Nc3ccc(C(=O)NCCc4ccccn4)c(Cl)c3)ncc2F)CC1(C)C. The number of hydrogen-bond acceptors (Lipinski definition) is 7. The molecule has 0 bridgehead atoms. The Hall–Kier alpha value is -3.30. The van der Waals surface area contributed by atoms with E-state index < -0.39 is 5.82 Å². The smallest absolute Gasteiger partial charge is 0.252 e. The minimum atomic E-state index is -0.513. The van der Waals surface area contributed by atoms with Crippen LogP contribution >= 0.6 is 11.6 Å². The zero-order valence-corrected chi connectivity index (χ0v) is 23.2. The lowest BCUT2D eigenvalue weighted by Crippen LogP contribution is -2.61. The van der Waals surface area contributed by atoms with E-state index in [-0.39, 0.29) is 39.8 Å². The summed E-state index contributed by atoms with van der Waals surface area (Å²) in [5.41, 5.74) is 1.74. The van der Waals surface area contributed by atoms with Crippen molar-refractivity contribution < 1.29 is 9.18 Å². The van der Waals surface area contributed by atoms with Crippen molar-refractivity contribution in [2.24, 2.45) is 0 Å². The largest absolute Gasteiger partial charge is 0.365 e. The van der Waals surface area contributed by atoms with Crippen molar-refractivity contribution >= 4 is 35.0 Å². The monoisotopic (exact) mass is 539 g/mol. The highest BCUT2D eigenvalue weighted by atomic mass is 35.5. The van der Waals surface area contributed by atoms with Crippen molar-refractivity contribution in [1.29, 1.82) is 0 Å². The molecular weight excluding hydrogens is 505 g/mol. The Morgan fingerprint density at radius 3 is 2.53 bits per heavy atom. The fourth-order valence-electron chi connectivity index (χ4n) is 5.05. The Balaban J connectivity index is 1.40. The second-order valence-electron chi connectivity index (χ2n) is 11.0. The van der Waals surface area contributed by atoms with Crippen LogP contribution in [0.15, 0.2) is 48.8 Å². The van der Waals surface area contributed by atoms with Crippen LogP contribution in [-0.2, 0) is 6.42 Å². The van der Waals surface area contributed by atoms with Crippen molar-refractivity contribution in [2.45, 2.75) is 64.1 Å². The molecule has 0 spiro atoms. The second-order valence-corrected chi connectivity index (χ2v) is 11.4. The Labute approximate surface area is 228 Å². The molecule has 2 aromatic heterocycles. The number of halogens is 2. The van der Waals surface area contributed by atoms with E-state index >= 15 is 0 Å². The van der Waals surface area contributed by atoms with Crippen molar-refractivity contribution in [3.05, 3.63) is 70.9 Å². The van der Waals surface area contributed by atoms with Gasteiger partial charge in [-0.3, -0.25) is 14.7 Å². The van der Waals surface area contributed by atoms with Crippen LogP contribution in [0.3, 0.4) is 0 Å². The second kappa shape index (κ2) is 11.2. The molecule has 3 heterocycles. The van der Waals surface area contributed by atoms with E-state index in [1.54, 1.807) is 24.4 Å². The molecule has 3 N–H and O–H groups in total. The average Bonchev–Trinajstić information content (AvgIpc) is 2.85. The normalized spacial score (nSPS) is 17.1. The first-order valence-corrected chi connectivity index (χ1v) is 13.1. The highest BCUT2D eigenvalue weighted by Crippen LogP contribution is 2.38. The molecule has 0 saturated carbocycles. The number of benzene rings is 1. The molecule has 4 rings (SSSR count). The van der Waals surface area contributed by atoms with E-state index in [2.05, 4.69) is 70.5 Å². The maximum absolute atomic E-state index is 14.6. The molecule has 3 aromatic rings. The van der Waals surface area contributed by atoms with Gasteiger partial charge in [-0.1, -0.05) is 17.7 Å². The number of rotatable bonds is 8. The topological polar surface area (TPSA) is 95.1 Å². The highest BCUT2D eigenvalue weighted by molar-refractivity contribution is 6.34. The first-order valence-electron chi connectivity index (χ1n) is 12.7. The van der Waals surface area contributed by atoms with Gasteiger partial charge >= 0.3 is 0 Å². The number of amides is 1. The summed E-state index contributed by atoms with van der Waals surface area (Å²) in [6.45, 7) is 9.22. The van der Waals surface area contributed by atoms with Crippen LogP contribution in [0.1, 0.15) is 56.6 Å². The molecule has 1 saturated heterocycles. The molecule has 8 nitrogen and oxygen atoms in total. The van der Waals surface area contributed by atoms with E-state index in [1.165, 1.54) is 0 Å². The van der Waals surface area contributed by atoms with Crippen LogP contribution in [0.5, 0.6) is 0 Å². The van der Waals surface area contributed by atoms with E-state index in [4.69, 9.17) is 11.6 Å². The molecule has 1 aliphatic heterocycles. The van der Waals surface area contributed by atoms with Gasteiger partial charge < -0.3 is 16.0 Å². The van der Waals surface area contributed by atoms with Gasteiger partial charge in [0.05, 0.1) is 16.8 Å². The van der Waals surface area contributed by atoms with Gasteiger partial charge in [-0.05, 0) is 77.9 Å². The molecule has 202 valence electrons. The fourth-order valence-corrected chi connectivity index (χ4v) is 5.31. The van der Waals surface area contributed by atoms with Crippen LogP contribution in [-0.4, -0.2) is 56.5 Å². The van der Waals surface area contributed by atoms with Crippen molar-refractivity contribution in [3.63, 3.8) is 0 Å². The van der Waals surface area contributed by atoms with Crippen LogP contribution < -0.4 is 16.0 Å². The van der Waals surface area contributed by atoms with Crippen LogP contribution in [0, 0.1) is 5.82 Å². The molecule has 1 amide bonds. The van der Waals surface area contributed by atoms with E-state index in [9.17, 15) is 9.18 Å². The number of nitrogens with zero attached hydrogens (tertiary/aromatic N) is 4.